The number of hydrogen-bond acceptors (Lipinski definition) is 4. The Kier molecular flexibility index (Phi) is 4.73. The van der Waals surface area contributed by atoms with Crippen molar-refractivity contribution in [2.24, 2.45) is 0 Å². The first-order chi connectivity index (χ1) is 15.7. The lowest BCUT2D eigenvalue weighted by Crippen LogP contribution is -2.26. The molecule has 1 atom stereocenters. The van der Waals surface area contributed by atoms with Gasteiger partial charge >= 0.3 is 6.18 Å². The Balaban J connectivity index is 1.98. The fourth-order valence-electron chi connectivity index (χ4n) is 4.18. The van der Waals surface area contributed by atoms with Crippen molar-refractivity contribution in [3.05, 3.63) is 70.3 Å². The third-order valence-corrected chi connectivity index (χ3v) is 5.95. The first-order valence-corrected chi connectivity index (χ1v) is 10.6. The van der Waals surface area contributed by atoms with Gasteiger partial charge in [0.15, 0.2) is 11.3 Å². The molecule has 168 valence electrons. The lowest BCUT2D eigenvalue weighted by Gasteiger charge is -2.16. The van der Waals surface area contributed by atoms with Crippen LogP contribution >= 0.6 is 0 Å². The molecule has 5 rings (SSSR count). The van der Waals surface area contributed by atoms with Gasteiger partial charge in [0.1, 0.15) is 16.7 Å². The summed E-state index contributed by atoms with van der Waals surface area (Å²) < 4.78 is 43.4. The van der Waals surface area contributed by atoms with Gasteiger partial charge in [-0.3, -0.25) is 13.9 Å². The third-order valence-electron chi connectivity index (χ3n) is 5.95. The van der Waals surface area contributed by atoms with Crippen LogP contribution in [-0.2, 0) is 6.18 Å². The summed E-state index contributed by atoms with van der Waals surface area (Å²) in [7, 11) is 0. The quantitative estimate of drug-likeness (QED) is 0.359. The minimum Gasteiger partial charge on any atom is -0.293 e. The van der Waals surface area contributed by atoms with Crippen LogP contribution in [0.1, 0.15) is 37.7 Å². The molecule has 3 heterocycles. The highest BCUT2D eigenvalue weighted by Crippen LogP contribution is 2.33. The molecular weight excluding hydrogens is 431 g/mol. The van der Waals surface area contributed by atoms with Crippen molar-refractivity contribution in [2.45, 2.75) is 39.4 Å². The molecule has 9 heteroatoms. The second-order valence-corrected chi connectivity index (χ2v) is 8.06. The van der Waals surface area contributed by atoms with Crippen molar-refractivity contribution in [2.75, 3.05) is 0 Å². The molecule has 3 aromatic heterocycles. The SMILES string of the molecule is CC[C@@H](C)n1c(C)nc2c(c1=O)c1nc3ccccc3nc1n2-c1cccc(C(F)(F)F)c1. The molecule has 6 nitrogen and oxygen atoms in total. The van der Waals surface area contributed by atoms with Gasteiger partial charge in [0.05, 0.1) is 16.6 Å². The molecule has 2 aromatic carbocycles. The van der Waals surface area contributed by atoms with Crippen molar-refractivity contribution in [3.63, 3.8) is 0 Å². The first-order valence-electron chi connectivity index (χ1n) is 10.6. The van der Waals surface area contributed by atoms with E-state index in [1.54, 1.807) is 35.8 Å². The molecule has 0 unspecified atom stereocenters. The lowest BCUT2D eigenvalue weighted by atomic mass is 10.2. The molecule has 0 bridgehead atoms. The van der Waals surface area contributed by atoms with Crippen LogP contribution in [0.15, 0.2) is 53.3 Å². The van der Waals surface area contributed by atoms with Crippen LogP contribution in [-0.4, -0.2) is 24.1 Å². The second kappa shape index (κ2) is 7.40. The number of fused-ring (bicyclic) bond motifs is 4. The highest BCUT2D eigenvalue weighted by atomic mass is 19.4. The van der Waals surface area contributed by atoms with Gasteiger partial charge in [-0.2, -0.15) is 13.2 Å². The average Bonchev–Trinajstić information content (AvgIpc) is 3.09. The van der Waals surface area contributed by atoms with Gasteiger partial charge < -0.3 is 0 Å². The summed E-state index contributed by atoms with van der Waals surface area (Å²) >= 11 is 0. The number of aryl methyl sites for hydroxylation is 1. The van der Waals surface area contributed by atoms with E-state index in [0.717, 1.165) is 18.6 Å². The zero-order chi connectivity index (χ0) is 23.5. The minimum absolute atomic E-state index is 0.102. The summed E-state index contributed by atoms with van der Waals surface area (Å²) in [6.45, 7) is 5.62. The van der Waals surface area contributed by atoms with E-state index in [4.69, 9.17) is 0 Å². The predicted molar refractivity (Wildman–Crippen MR) is 121 cm³/mol. The van der Waals surface area contributed by atoms with Crippen LogP contribution in [0.3, 0.4) is 0 Å². The number of benzene rings is 2. The van der Waals surface area contributed by atoms with Gasteiger partial charge in [-0.1, -0.05) is 25.1 Å². The van der Waals surface area contributed by atoms with E-state index >= 15 is 0 Å². The minimum atomic E-state index is -4.51. The Morgan fingerprint density at radius 3 is 2.33 bits per heavy atom. The van der Waals surface area contributed by atoms with Crippen LogP contribution in [0.2, 0.25) is 0 Å². The Morgan fingerprint density at radius 1 is 0.970 bits per heavy atom. The van der Waals surface area contributed by atoms with Crippen molar-refractivity contribution in [1.29, 1.82) is 0 Å². The number of nitrogens with zero attached hydrogens (tertiary/aromatic N) is 5. The van der Waals surface area contributed by atoms with E-state index in [0.29, 0.717) is 22.4 Å². The Bertz CT molecular complexity index is 1600. The van der Waals surface area contributed by atoms with Crippen LogP contribution < -0.4 is 5.56 Å². The summed E-state index contributed by atoms with van der Waals surface area (Å²) in [6, 6.07) is 12.0. The number of halogens is 3. The molecule has 0 aliphatic carbocycles. The number of aromatic nitrogens is 5. The monoisotopic (exact) mass is 451 g/mol. The molecule has 0 saturated carbocycles. The van der Waals surface area contributed by atoms with Crippen LogP contribution in [0.5, 0.6) is 0 Å². The zero-order valence-corrected chi connectivity index (χ0v) is 18.2. The van der Waals surface area contributed by atoms with Gasteiger partial charge in [-0.05, 0) is 50.6 Å². The molecule has 33 heavy (non-hydrogen) atoms. The predicted octanol–water partition coefficient (Wildman–Crippen LogP) is 5.58. The molecule has 0 spiro atoms. The van der Waals surface area contributed by atoms with E-state index in [1.807, 2.05) is 19.9 Å². The highest BCUT2D eigenvalue weighted by Gasteiger charge is 2.31. The van der Waals surface area contributed by atoms with Crippen molar-refractivity contribution < 1.29 is 13.2 Å². The Labute approximate surface area is 186 Å². The maximum Gasteiger partial charge on any atom is 0.416 e. The Hall–Kier alpha value is -3.75. The van der Waals surface area contributed by atoms with E-state index in [9.17, 15) is 18.0 Å². The number of hydrogen-bond donors (Lipinski definition) is 0. The normalized spacial score (nSPS) is 13.3. The maximum absolute atomic E-state index is 13.6. The molecular formula is C24H20F3N5O. The number of alkyl halides is 3. The van der Waals surface area contributed by atoms with Gasteiger partial charge in [-0.25, -0.2) is 15.0 Å². The summed E-state index contributed by atoms with van der Waals surface area (Å²) in [5.41, 5.74) is 1.12. The molecule has 0 amide bonds. The molecule has 0 aliphatic heterocycles. The van der Waals surface area contributed by atoms with Gasteiger partial charge in [0.2, 0.25) is 0 Å². The van der Waals surface area contributed by atoms with Crippen LogP contribution in [0.25, 0.3) is 38.9 Å². The van der Waals surface area contributed by atoms with E-state index < -0.39 is 11.7 Å². The molecule has 0 radical (unpaired) electrons. The topological polar surface area (TPSA) is 65.6 Å². The van der Waals surface area contributed by atoms with E-state index in [-0.39, 0.29) is 34.0 Å². The molecule has 0 N–H and O–H groups in total. The molecule has 0 aliphatic rings. The lowest BCUT2D eigenvalue weighted by molar-refractivity contribution is -0.137. The van der Waals surface area contributed by atoms with Crippen molar-refractivity contribution in [3.8, 4) is 5.69 Å². The number of para-hydroxylation sites is 2. The summed E-state index contributed by atoms with van der Waals surface area (Å²) in [5.74, 6) is 0.474. The third kappa shape index (κ3) is 3.26. The maximum atomic E-state index is 13.6. The fraction of sp³-hybridized carbons (Fsp3) is 0.250. The zero-order valence-electron chi connectivity index (χ0n) is 18.2. The first kappa shape index (κ1) is 21.1. The van der Waals surface area contributed by atoms with Crippen molar-refractivity contribution >= 4 is 33.2 Å². The average molecular weight is 451 g/mol. The van der Waals surface area contributed by atoms with Gasteiger partial charge in [-0.15, -0.1) is 0 Å². The number of rotatable bonds is 3. The Morgan fingerprint density at radius 2 is 1.67 bits per heavy atom. The summed E-state index contributed by atoms with van der Waals surface area (Å²) in [6.07, 6.45) is -3.80. The standard InChI is InChI=1S/C24H20F3N5O/c1-4-13(2)31-14(3)28-21-19(23(31)33)20-22(30-18-11-6-5-10-17(18)29-20)32(21)16-9-7-8-15(12-16)24(25,26)27/h5-13H,4H2,1-3H3/t13-/m1/s1. The van der Waals surface area contributed by atoms with Gasteiger partial charge in [0, 0.05) is 11.7 Å². The molecule has 5 aromatic rings. The molecule has 0 fully saturated rings. The fourth-order valence-corrected chi connectivity index (χ4v) is 4.18. The smallest absolute Gasteiger partial charge is 0.293 e. The largest absolute Gasteiger partial charge is 0.416 e. The highest BCUT2D eigenvalue weighted by molar-refractivity contribution is 6.05. The summed E-state index contributed by atoms with van der Waals surface area (Å²) in [5, 5.41) is 0.242. The van der Waals surface area contributed by atoms with E-state index in [2.05, 4.69) is 15.0 Å². The second-order valence-electron chi connectivity index (χ2n) is 8.06. The van der Waals surface area contributed by atoms with Gasteiger partial charge in [0.25, 0.3) is 5.56 Å². The van der Waals surface area contributed by atoms with Crippen LogP contribution in [0.4, 0.5) is 13.2 Å². The summed E-state index contributed by atoms with van der Waals surface area (Å²) in [4.78, 5) is 27.7. The van der Waals surface area contributed by atoms with Crippen molar-refractivity contribution in [1.82, 2.24) is 24.1 Å². The van der Waals surface area contributed by atoms with Crippen LogP contribution in [0, 0.1) is 6.92 Å². The van der Waals surface area contributed by atoms with E-state index in [1.165, 1.54) is 10.6 Å². The molecule has 0 saturated heterocycles.